The highest BCUT2D eigenvalue weighted by atomic mass is 16.4. The Morgan fingerprint density at radius 3 is 2.54 bits per heavy atom. The van der Waals surface area contributed by atoms with Crippen LogP contribution in [0.5, 0.6) is 0 Å². The van der Waals surface area contributed by atoms with Crippen LogP contribution in [0, 0.1) is 12.8 Å². The van der Waals surface area contributed by atoms with Crippen molar-refractivity contribution >= 4 is 11.9 Å². The second-order valence-electron chi connectivity index (χ2n) is 7.01. The van der Waals surface area contributed by atoms with Gasteiger partial charge in [-0.15, -0.1) is 0 Å². The first-order valence-electron chi connectivity index (χ1n) is 8.95. The van der Waals surface area contributed by atoms with E-state index in [4.69, 9.17) is 5.11 Å². The average molecular weight is 357 g/mol. The van der Waals surface area contributed by atoms with Gasteiger partial charge in [-0.2, -0.15) is 5.10 Å². The van der Waals surface area contributed by atoms with Crippen LogP contribution in [0.15, 0.2) is 36.5 Å². The maximum absolute atomic E-state index is 12.7. The summed E-state index contributed by atoms with van der Waals surface area (Å²) in [4.78, 5) is 23.6. The first kappa shape index (κ1) is 19.7. The molecule has 1 heterocycles. The number of aromatic nitrogens is 2. The van der Waals surface area contributed by atoms with Gasteiger partial charge in [0, 0.05) is 24.7 Å². The molecular weight excluding hydrogens is 330 g/mol. The van der Waals surface area contributed by atoms with E-state index in [1.165, 1.54) is 0 Å². The molecule has 0 radical (unpaired) electrons. The fourth-order valence-electron chi connectivity index (χ4n) is 2.88. The van der Waals surface area contributed by atoms with Crippen molar-refractivity contribution in [1.29, 1.82) is 0 Å². The normalized spacial score (nSPS) is 12.2. The summed E-state index contributed by atoms with van der Waals surface area (Å²) in [5.74, 6) is -0.632. The van der Waals surface area contributed by atoms with E-state index in [-0.39, 0.29) is 18.4 Å². The van der Waals surface area contributed by atoms with Crippen LogP contribution in [-0.2, 0) is 17.8 Å². The lowest BCUT2D eigenvalue weighted by molar-refractivity contribution is -0.137. The third-order valence-electron chi connectivity index (χ3n) is 4.25. The van der Waals surface area contributed by atoms with Crippen LogP contribution in [0.3, 0.4) is 0 Å². The molecule has 1 aromatic carbocycles. The van der Waals surface area contributed by atoms with Gasteiger partial charge in [0.15, 0.2) is 0 Å². The van der Waals surface area contributed by atoms with Crippen LogP contribution in [0.2, 0.25) is 0 Å². The Morgan fingerprint density at radius 2 is 1.92 bits per heavy atom. The van der Waals surface area contributed by atoms with Crippen LogP contribution >= 0.6 is 0 Å². The minimum absolute atomic E-state index is 0.0172. The van der Waals surface area contributed by atoms with Crippen LogP contribution < -0.4 is 5.32 Å². The van der Waals surface area contributed by atoms with Gasteiger partial charge >= 0.3 is 5.97 Å². The van der Waals surface area contributed by atoms with Crippen molar-refractivity contribution in [3.63, 3.8) is 0 Å². The second kappa shape index (κ2) is 9.17. The molecule has 1 aromatic heterocycles. The van der Waals surface area contributed by atoms with Gasteiger partial charge in [-0.05, 0) is 31.2 Å². The lowest BCUT2D eigenvalue weighted by Gasteiger charge is -2.18. The predicted molar refractivity (Wildman–Crippen MR) is 100 cm³/mol. The molecule has 140 valence electrons. The van der Waals surface area contributed by atoms with Crippen molar-refractivity contribution in [1.82, 2.24) is 15.1 Å². The van der Waals surface area contributed by atoms with Gasteiger partial charge in [-0.25, -0.2) is 0 Å². The average Bonchev–Trinajstić information content (AvgIpc) is 2.93. The predicted octanol–water partition coefficient (Wildman–Crippen LogP) is 3.05. The van der Waals surface area contributed by atoms with E-state index < -0.39 is 5.97 Å². The Hall–Kier alpha value is -2.63. The summed E-state index contributed by atoms with van der Waals surface area (Å²) in [6.45, 7) is 6.84. The maximum Gasteiger partial charge on any atom is 0.303 e. The molecule has 26 heavy (non-hydrogen) atoms. The smallest absolute Gasteiger partial charge is 0.303 e. The molecule has 0 saturated carbocycles. The van der Waals surface area contributed by atoms with Crippen molar-refractivity contribution in [2.24, 2.45) is 5.92 Å². The fourth-order valence-corrected chi connectivity index (χ4v) is 2.88. The number of carboxylic acids is 1. The molecule has 0 aliphatic heterocycles. The van der Waals surface area contributed by atoms with Crippen molar-refractivity contribution in [3.05, 3.63) is 53.3 Å². The number of hydrogen-bond donors (Lipinski definition) is 2. The highest BCUT2D eigenvalue weighted by Crippen LogP contribution is 2.13. The highest BCUT2D eigenvalue weighted by molar-refractivity contribution is 5.95. The summed E-state index contributed by atoms with van der Waals surface area (Å²) in [6, 6.07) is 9.52. The molecule has 0 saturated heterocycles. The summed E-state index contributed by atoms with van der Waals surface area (Å²) >= 11 is 0. The molecule has 1 unspecified atom stereocenters. The number of aliphatic carboxylic acids is 1. The number of nitrogens with one attached hydrogen (secondary N) is 1. The fraction of sp³-hybridized carbons (Fsp3) is 0.450. The van der Waals surface area contributed by atoms with Gasteiger partial charge in [-0.3, -0.25) is 14.3 Å². The van der Waals surface area contributed by atoms with E-state index in [0.29, 0.717) is 24.3 Å². The standard InChI is InChI=1S/C20H27N3O3/c1-14(2)13-23-15(3)18(12-21-23)20(26)22-17(9-10-19(24)25)11-16-7-5-4-6-8-16/h4-8,12,14,17H,9-11,13H2,1-3H3,(H,22,26)(H,24,25). The van der Waals surface area contributed by atoms with Crippen LogP contribution in [0.1, 0.15) is 48.3 Å². The maximum atomic E-state index is 12.7. The number of rotatable bonds is 9. The second-order valence-corrected chi connectivity index (χ2v) is 7.01. The third kappa shape index (κ3) is 5.72. The Labute approximate surface area is 154 Å². The molecule has 1 amide bonds. The minimum Gasteiger partial charge on any atom is -0.481 e. The number of benzene rings is 1. The zero-order chi connectivity index (χ0) is 19.1. The zero-order valence-electron chi connectivity index (χ0n) is 15.6. The summed E-state index contributed by atoms with van der Waals surface area (Å²) in [5, 5.41) is 16.3. The van der Waals surface area contributed by atoms with Gasteiger partial charge in [0.25, 0.3) is 5.91 Å². The SMILES string of the molecule is Cc1c(C(=O)NC(CCC(=O)O)Cc2ccccc2)cnn1CC(C)C. The summed E-state index contributed by atoms with van der Waals surface area (Å²) in [6.07, 6.45) is 2.58. The molecule has 0 spiro atoms. The van der Waals surface area contributed by atoms with E-state index in [9.17, 15) is 9.59 Å². The lowest BCUT2D eigenvalue weighted by Crippen LogP contribution is -2.37. The zero-order valence-corrected chi connectivity index (χ0v) is 15.6. The number of nitrogens with zero attached hydrogens (tertiary/aromatic N) is 2. The Morgan fingerprint density at radius 1 is 1.23 bits per heavy atom. The lowest BCUT2D eigenvalue weighted by atomic mass is 10.0. The van der Waals surface area contributed by atoms with Gasteiger partial charge in [0.2, 0.25) is 0 Å². The molecule has 6 nitrogen and oxygen atoms in total. The number of carbonyl (C=O) groups is 2. The van der Waals surface area contributed by atoms with Crippen molar-refractivity contribution in [2.45, 2.75) is 52.6 Å². The molecule has 2 N–H and O–H groups in total. The van der Waals surface area contributed by atoms with Gasteiger partial charge in [0.1, 0.15) is 0 Å². The Bertz CT molecular complexity index is 738. The number of carboxylic acid groups (broad SMARTS) is 1. The molecule has 0 fully saturated rings. The Balaban J connectivity index is 2.09. The van der Waals surface area contributed by atoms with Crippen LogP contribution in [0.25, 0.3) is 0 Å². The molecule has 0 bridgehead atoms. The molecule has 2 rings (SSSR count). The molecule has 0 aliphatic rings. The quantitative estimate of drug-likeness (QED) is 0.722. The third-order valence-corrected chi connectivity index (χ3v) is 4.25. The molecule has 0 aliphatic carbocycles. The van der Waals surface area contributed by atoms with Crippen molar-refractivity contribution < 1.29 is 14.7 Å². The molecule has 6 heteroatoms. The Kier molecular flexibility index (Phi) is 6.95. The first-order chi connectivity index (χ1) is 12.4. The summed E-state index contributed by atoms with van der Waals surface area (Å²) in [7, 11) is 0. The van der Waals surface area contributed by atoms with Crippen molar-refractivity contribution in [2.75, 3.05) is 0 Å². The van der Waals surface area contributed by atoms with Gasteiger partial charge < -0.3 is 10.4 Å². The summed E-state index contributed by atoms with van der Waals surface area (Å²) < 4.78 is 1.84. The largest absolute Gasteiger partial charge is 0.481 e. The van der Waals surface area contributed by atoms with Gasteiger partial charge in [-0.1, -0.05) is 44.2 Å². The van der Waals surface area contributed by atoms with E-state index in [1.807, 2.05) is 41.9 Å². The molecular formula is C20H27N3O3. The topological polar surface area (TPSA) is 84.2 Å². The van der Waals surface area contributed by atoms with Crippen LogP contribution in [-0.4, -0.2) is 32.8 Å². The number of hydrogen-bond acceptors (Lipinski definition) is 3. The van der Waals surface area contributed by atoms with E-state index in [2.05, 4.69) is 24.3 Å². The minimum atomic E-state index is -0.863. The number of carbonyl (C=O) groups excluding carboxylic acids is 1. The molecule has 1 atom stereocenters. The van der Waals surface area contributed by atoms with Crippen molar-refractivity contribution in [3.8, 4) is 0 Å². The monoisotopic (exact) mass is 357 g/mol. The van der Waals surface area contributed by atoms with E-state index in [1.54, 1.807) is 6.20 Å². The van der Waals surface area contributed by atoms with Gasteiger partial charge in [0.05, 0.1) is 11.8 Å². The van der Waals surface area contributed by atoms with E-state index in [0.717, 1.165) is 17.8 Å². The summed E-state index contributed by atoms with van der Waals surface area (Å²) in [5.41, 5.74) is 2.43. The van der Waals surface area contributed by atoms with Crippen LogP contribution in [0.4, 0.5) is 0 Å². The first-order valence-corrected chi connectivity index (χ1v) is 8.95. The van der Waals surface area contributed by atoms with E-state index >= 15 is 0 Å². The molecule has 2 aromatic rings. The highest BCUT2D eigenvalue weighted by Gasteiger charge is 2.19. The number of amides is 1.